The lowest BCUT2D eigenvalue weighted by atomic mass is 9.92. The van der Waals surface area contributed by atoms with Gasteiger partial charge in [-0.3, -0.25) is 0 Å². The second-order valence-corrected chi connectivity index (χ2v) is 13.8. The Kier molecular flexibility index (Phi) is 6.55. The van der Waals surface area contributed by atoms with E-state index in [1.54, 1.807) is 0 Å². The second-order valence-electron chi connectivity index (χ2n) is 13.8. The molecule has 2 heterocycles. The van der Waals surface area contributed by atoms with Crippen LogP contribution < -0.4 is 0 Å². The standard InChI is InChI=1S/C50H30N2O/c1-2-11-33(12-3-1)45-30-46(52-50(51-45)49-40-17-9-7-15-38(40)28-42-39-16-8-6-10-32(39)22-24-41(42)49)34-20-18-31(19-21-34)37-23-25-47-43(27-37)44-26-35-13-4-5-14-36(35)29-48(44)53-47/h1-30H. The van der Waals surface area contributed by atoms with Crippen LogP contribution in [0.4, 0.5) is 0 Å². The largest absolute Gasteiger partial charge is 0.456 e. The van der Waals surface area contributed by atoms with E-state index in [1.807, 2.05) is 6.07 Å². The lowest BCUT2D eigenvalue weighted by Gasteiger charge is -2.15. The zero-order valence-electron chi connectivity index (χ0n) is 28.6. The minimum atomic E-state index is 0.715. The van der Waals surface area contributed by atoms with E-state index in [1.165, 1.54) is 32.3 Å². The van der Waals surface area contributed by atoms with Crippen LogP contribution in [0.1, 0.15) is 0 Å². The summed E-state index contributed by atoms with van der Waals surface area (Å²) >= 11 is 0. The third-order valence-corrected chi connectivity index (χ3v) is 10.6. The highest BCUT2D eigenvalue weighted by Gasteiger charge is 2.18. The van der Waals surface area contributed by atoms with Gasteiger partial charge in [-0.1, -0.05) is 146 Å². The van der Waals surface area contributed by atoms with Crippen molar-refractivity contribution in [3.8, 4) is 45.0 Å². The van der Waals surface area contributed by atoms with Crippen LogP contribution in [-0.2, 0) is 0 Å². The van der Waals surface area contributed by atoms with Crippen molar-refractivity contribution in [3.63, 3.8) is 0 Å². The molecular formula is C50H30N2O. The lowest BCUT2D eigenvalue weighted by molar-refractivity contribution is 0.669. The van der Waals surface area contributed by atoms with Crippen LogP contribution in [-0.4, -0.2) is 9.97 Å². The average Bonchev–Trinajstić information content (AvgIpc) is 3.58. The van der Waals surface area contributed by atoms with Gasteiger partial charge >= 0.3 is 0 Å². The smallest absolute Gasteiger partial charge is 0.161 e. The van der Waals surface area contributed by atoms with Crippen LogP contribution in [0, 0.1) is 0 Å². The number of hydrogen-bond acceptors (Lipinski definition) is 3. The molecule has 0 aliphatic carbocycles. The monoisotopic (exact) mass is 674 g/mol. The molecule has 0 unspecified atom stereocenters. The predicted octanol–water partition coefficient (Wildman–Crippen LogP) is 13.7. The van der Waals surface area contributed by atoms with Crippen molar-refractivity contribution in [2.45, 2.75) is 0 Å². The normalized spacial score (nSPS) is 11.8. The first-order chi connectivity index (χ1) is 26.2. The average molecular weight is 675 g/mol. The van der Waals surface area contributed by atoms with Crippen molar-refractivity contribution in [2.24, 2.45) is 0 Å². The van der Waals surface area contributed by atoms with Crippen LogP contribution in [0.5, 0.6) is 0 Å². The van der Waals surface area contributed by atoms with Gasteiger partial charge in [0, 0.05) is 27.5 Å². The van der Waals surface area contributed by atoms with Gasteiger partial charge in [-0.25, -0.2) is 9.97 Å². The van der Waals surface area contributed by atoms with E-state index in [9.17, 15) is 0 Å². The fourth-order valence-corrected chi connectivity index (χ4v) is 8.00. The number of rotatable bonds is 4. The van der Waals surface area contributed by atoms with Crippen LogP contribution in [0.15, 0.2) is 186 Å². The quantitative estimate of drug-likeness (QED) is 0.138. The molecule has 53 heavy (non-hydrogen) atoms. The molecule has 0 saturated carbocycles. The van der Waals surface area contributed by atoms with E-state index in [0.29, 0.717) is 5.82 Å². The molecule has 3 nitrogen and oxygen atoms in total. The number of nitrogens with zero attached hydrogens (tertiary/aromatic N) is 2. The lowest BCUT2D eigenvalue weighted by Crippen LogP contribution is -1.98. The summed E-state index contributed by atoms with van der Waals surface area (Å²) in [6.07, 6.45) is 0. The van der Waals surface area contributed by atoms with Crippen LogP contribution in [0.2, 0.25) is 0 Å². The van der Waals surface area contributed by atoms with Crippen molar-refractivity contribution in [1.82, 2.24) is 9.97 Å². The summed E-state index contributed by atoms with van der Waals surface area (Å²) in [5.41, 5.74) is 8.99. The molecule has 246 valence electrons. The summed E-state index contributed by atoms with van der Waals surface area (Å²) in [5.74, 6) is 0.715. The van der Waals surface area contributed by atoms with Crippen LogP contribution in [0.25, 0.3) is 110 Å². The Labute approximate surface area is 305 Å². The topological polar surface area (TPSA) is 38.9 Å². The first-order valence-electron chi connectivity index (χ1n) is 18.0. The molecule has 0 aliphatic rings. The van der Waals surface area contributed by atoms with Gasteiger partial charge < -0.3 is 4.42 Å². The molecule has 0 saturated heterocycles. The molecule has 0 radical (unpaired) electrons. The summed E-state index contributed by atoms with van der Waals surface area (Å²) in [7, 11) is 0. The molecule has 0 atom stereocenters. The van der Waals surface area contributed by atoms with Gasteiger partial charge in [0.1, 0.15) is 11.2 Å². The fourth-order valence-electron chi connectivity index (χ4n) is 8.00. The summed E-state index contributed by atoms with van der Waals surface area (Å²) in [6.45, 7) is 0. The maximum absolute atomic E-state index is 6.28. The third kappa shape index (κ3) is 4.90. The zero-order chi connectivity index (χ0) is 34.9. The summed E-state index contributed by atoms with van der Waals surface area (Å²) < 4.78 is 6.28. The van der Waals surface area contributed by atoms with Crippen LogP contribution in [0.3, 0.4) is 0 Å². The molecule has 3 heteroatoms. The first kappa shape index (κ1) is 29.6. The van der Waals surface area contributed by atoms with E-state index < -0.39 is 0 Å². The first-order valence-corrected chi connectivity index (χ1v) is 18.0. The number of benzene rings is 9. The van der Waals surface area contributed by atoms with Gasteiger partial charge in [-0.15, -0.1) is 0 Å². The van der Waals surface area contributed by atoms with Gasteiger partial charge in [0.25, 0.3) is 0 Å². The molecule has 0 spiro atoms. The molecule has 9 aromatic carbocycles. The summed E-state index contributed by atoms with van der Waals surface area (Å²) in [6, 6.07) is 64.5. The molecular weight excluding hydrogens is 645 g/mol. The Morgan fingerprint density at radius 2 is 0.887 bits per heavy atom. The van der Waals surface area contributed by atoms with E-state index in [-0.39, 0.29) is 0 Å². The van der Waals surface area contributed by atoms with Crippen molar-refractivity contribution >= 4 is 65.0 Å². The fraction of sp³-hybridized carbons (Fsp3) is 0. The molecule has 0 fully saturated rings. The Morgan fingerprint density at radius 1 is 0.302 bits per heavy atom. The number of hydrogen-bond donors (Lipinski definition) is 0. The number of aromatic nitrogens is 2. The van der Waals surface area contributed by atoms with Crippen molar-refractivity contribution < 1.29 is 4.42 Å². The SMILES string of the molecule is c1ccc(-c2cc(-c3ccc(-c4ccc5oc6cc7ccccc7cc6c5c4)cc3)nc(-c3c4ccccc4cc4c3ccc3ccccc34)n2)cc1. The highest BCUT2D eigenvalue weighted by Crippen LogP contribution is 2.40. The maximum Gasteiger partial charge on any atom is 0.161 e. The van der Waals surface area contributed by atoms with Crippen molar-refractivity contribution in [2.75, 3.05) is 0 Å². The summed E-state index contributed by atoms with van der Waals surface area (Å²) in [5, 5.41) is 11.7. The highest BCUT2D eigenvalue weighted by atomic mass is 16.3. The molecule has 0 aliphatic heterocycles. The van der Waals surface area contributed by atoms with Gasteiger partial charge in [-0.2, -0.15) is 0 Å². The van der Waals surface area contributed by atoms with E-state index in [0.717, 1.165) is 71.9 Å². The molecule has 0 amide bonds. The van der Waals surface area contributed by atoms with Crippen LogP contribution >= 0.6 is 0 Å². The summed E-state index contributed by atoms with van der Waals surface area (Å²) in [4.78, 5) is 10.6. The molecule has 0 bridgehead atoms. The Hall–Kier alpha value is -7.10. The Balaban J connectivity index is 1.07. The van der Waals surface area contributed by atoms with Gasteiger partial charge in [-0.05, 0) is 90.6 Å². The molecule has 2 aromatic heterocycles. The van der Waals surface area contributed by atoms with Gasteiger partial charge in [0.2, 0.25) is 0 Å². The number of furan rings is 1. The molecule has 11 aromatic rings. The van der Waals surface area contributed by atoms with Crippen molar-refractivity contribution in [3.05, 3.63) is 182 Å². The number of fused-ring (bicyclic) bond motifs is 8. The predicted molar refractivity (Wildman–Crippen MR) is 221 cm³/mol. The molecule has 11 rings (SSSR count). The van der Waals surface area contributed by atoms with Crippen molar-refractivity contribution in [1.29, 1.82) is 0 Å². The minimum absolute atomic E-state index is 0.715. The van der Waals surface area contributed by atoms with E-state index in [2.05, 4.69) is 176 Å². The molecule has 0 N–H and O–H groups in total. The third-order valence-electron chi connectivity index (χ3n) is 10.6. The zero-order valence-corrected chi connectivity index (χ0v) is 28.6. The maximum atomic E-state index is 6.28. The highest BCUT2D eigenvalue weighted by molar-refractivity contribution is 6.19. The minimum Gasteiger partial charge on any atom is -0.456 e. The van der Waals surface area contributed by atoms with E-state index >= 15 is 0 Å². The second kappa shape index (κ2) is 11.7. The van der Waals surface area contributed by atoms with E-state index in [4.69, 9.17) is 14.4 Å². The Bertz CT molecular complexity index is 3210. The Morgan fingerprint density at radius 3 is 1.68 bits per heavy atom. The van der Waals surface area contributed by atoms with Gasteiger partial charge in [0.15, 0.2) is 5.82 Å². The van der Waals surface area contributed by atoms with Gasteiger partial charge in [0.05, 0.1) is 11.4 Å².